The Labute approximate surface area is 180 Å². The first-order valence-electron chi connectivity index (χ1n) is 11.2. The summed E-state index contributed by atoms with van der Waals surface area (Å²) in [4.78, 5) is 17.9. The number of hydrogen-bond donors (Lipinski definition) is 1. The molecule has 1 N–H and O–H groups in total. The fourth-order valence-corrected chi connectivity index (χ4v) is 4.39. The van der Waals surface area contributed by atoms with Gasteiger partial charge in [0.25, 0.3) is 5.91 Å². The zero-order chi connectivity index (χ0) is 20.8. The summed E-state index contributed by atoms with van der Waals surface area (Å²) >= 11 is 0. The Morgan fingerprint density at radius 1 is 0.967 bits per heavy atom. The number of amides is 1. The van der Waals surface area contributed by atoms with E-state index in [4.69, 9.17) is 4.74 Å². The van der Waals surface area contributed by atoms with E-state index in [1.54, 1.807) is 0 Å². The van der Waals surface area contributed by atoms with Crippen molar-refractivity contribution in [2.24, 2.45) is 0 Å². The van der Waals surface area contributed by atoms with Crippen LogP contribution in [-0.2, 0) is 11.3 Å². The second-order valence-corrected chi connectivity index (χ2v) is 8.38. The van der Waals surface area contributed by atoms with E-state index in [9.17, 15) is 4.79 Å². The highest BCUT2D eigenvalue weighted by atomic mass is 16.5. The number of carbonyl (C=O) groups excluding carboxylic acids is 1. The Morgan fingerprint density at radius 2 is 1.67 bits per heavy atom. The third-order valence-corrected chi connectivity index (χ3v) is 6.22. The van der Waals surface area contributed by atoms with E-state index in [-0.39, 0.29) is 11.9 Å². The van der Waals surface area contributed by atoms with Gasteiger partial charge in [-0.05, 0) is 62.2 Å². The van der Waals surface area contributed by atoms with Crippen LogP contribution in [0.2, 0.25) is 0 Å². The number of carbonyl (C=O) groups is 1. The van der Waals surface area contributed by atoms with E-state index < -0.39 is 0 Å². The molecule has 0 spiro atoms. The average molecular weight is 408 g/mol. The minimum Gasteiger partial charge on any atom is -0.378 e. The van der Waals surface area contributed by atoms with Gasteiger partial charge in [0.15, 0.2) is 0 Å². The third-order valence-electron chi connectivity index (χ3n) is 6.22. The van der Waals surface area contributed by atoms with Crippen LogP contribution in [0.15, 0.2) is 48.5 Å². The number of nitrogens with one attached hydrogen (secondary N) is 1. The van der Waals surface area contributed by atoms with Gasteiger partial charge < -0.3 is 15.0 Å². The van der Waals surface area contributed by atoms with Crippen molar-refractivity contribution in [3.63, 3.8) is 0 Å². The van der Waals surface area contributed by atoms with E-state index in [0.717, 1.165) is 62.6 Å². The molecule has 1 amide bonds. The zero-order valence-corrected chi connectivity index (χ0v) is 18.0. The largest absolute Gasteiger partial charge is 0.378 e. The van der Waals surface area contributed by atoms with Crippen molar-refractivity contribution in [2.45, 2.75) is 38.8 Å². The molecule has 0 aliphatic carbocycles. The van der Waals surface area contributed by atoms with Crippen LogP contribution in [0.3, 0.4) is 0 Å². The van der Waals surface area contributed by atoms with E-state index >= 15 is 0 Å². The first-order valence-corrected chi connectivity index (χ1v) is 11.2. The highest BCUT2D eigenvalue weighted by Gasteiger charge is 2.18. The van der Waals surface area contributed by atoms with Crippen molar-refractivity contribution < 1.29 is 9.53 Å². The normalized spacial score (nSPS) is 18.8. The van der Waals surface area contributed by atoms with Crippen LogP contribution < -0.4 is 10.2 Å². The molecule has 0 saturated carbocycles. The van der Waals surface area contributed by atoms with Crippen LogP contribution in [0.25, 0.3) is 0 Å². The van der Waals surface area contributed by atoms with Crippen molar-refractivity contribution in [3.8, 4) is 0 Å². The Balaban J connectivity index is 1.39. The van der Waals surface area contributed by atoms with Gasteiger partial charge in [-0.15, -0.1) is 0 Å². The molecule has 0 aromatic heterocycles. The quantitative estimate of drug-likeness (QED) is 0.786. The first kappa shape index (κ1) is 20.9. The average Bonchev–Trinajstić information content (AvgIpc) is 2.81. The van der Waals surface area contributed by atoms with Gasteiger partial charge >= 0.3 is 0 Å². The van der Waals surface area contributed by atoms with E-state index in [1.165, 1.54) is 24.9 Å². The summed E-state index contributed by atoms with van der Waals surface area (Å²) in [5, 5.41) is 3.20. The molecular formula is C25H33N3O2. The molecule has 2 heterocycles. The summed E-state index contributed by atoms with van der Waals surface area (Å²) in [6.45, 7) is 8.58. The Kier molecular flexibility index (Phi) is 7.03. The molecule has 2 saturated heterocycles. The summed E-state index contributed by atoms with van der Waals surface area (Å²) < 4.78 is 5.43. The maximum absolute atomic E-state index is 13.1. The molecule has 2 aromatic carbocycles. The predicted octanol–water partition coefficient (Wildman–Crippen LogP) is 4.00. The van der Waals surface area contributed by atoms with Crippen molar-refractivity contribution in [1.82, 2.24) is 10.2 Å². The lowest BCUT2D eigenvalue weighted by Gasteiger charge is -2.29. The second kappa shape index (κ2) is 10.1. The van der Waals surface area contributed by atoms with E-state index in [0.29, 0.717) is 0 Å². The van der Waals surface area contributed by atoms with Crippen molar-refractivity contribution in [2.75, 3.05) is 44.3 Å². The van der Waals surface area contributed by atoms with Gasteiger partial charge in [0.2, 0.25) is 0 Å². The summed E-state index contributed by atoms with van der Waals surface area (Å²) in [5.74, 6) is 0.00682. The third kappa shape index (κ3) is 5.21. The Hall–Kier alpha value is -2.37. The Bertz CT molecular complexity index is 825. The van der Waals surface area contributed by atoms with Crippen LogP contribution in [0.1, 0.15) is 53.7 Å². The molecular weight excluding hydrogens is 374 g/mol. The monoisotopic (exact) mass is 407 g/mol. The molecule has 0 bridgehead atoms. The molecule has 1 atom stereocenters. The number of nitrogens with zero attached hydrogens (tertiary/aromatic N) is 2. The van der Waals surface area contributed by atoms with Gasteiger partial charge in [-0.25, -0.2) is 0 Å². The predicted molar refractivity (Wildman–Crippen MR) is 121 cm³/mol. The minimum atomic E-state index is -0.0423. The van der Waals surface area contributed by atoms with Gasteiger partial charge in [0, 0.05) is 30.9 Å². The molecule has 4 rings (SSSR count). The molecule has 2 fully saturated rings. The molecule has 0 radical (unpaired) electrons. The number of likely N-dealkylation sites (tertiary alicyclic amines) is 1. The van der Waals surface area contributed by atoms with Crippen molar-refractivity contribution >= 4 is 11.6 Å². The van der Waals surface area contributed by atoms with Gasteiger partial charge in [-0.2, -0.15) is 0 Å². The smallest absolute Gasteiger partial charge is 0.252 e. The lowest BCUT2D eigenvalue weighted by Crippen LogP contribution is -2.36. The fourth-order valence-electron chi connectivity index (χ4n) is 4.39. The van der Waals surface area contributed by atoms with Crippen molar-refractivity contribution in [1.29, 1.82) is 0 Å². The lowest BCUT2D eigenvalue weighted by molar-refractivity contribution is 0.0937. The van der Waals surface area contributed by atoms with Gasteiger partial charge in [-0.1, -0.05) is 36.8 Å². The summed E-state index contributed by atoms with van der Waals surface area (Å²) in [5.41, 5.74) is 4.24. The fraction of sp³-hybridized carbons (Fsp3) is 0.480. The SMILES string of the molecule is CC(NC(=O)c1ccccc1CN1CCCCC1)c1ccc(N2CCOCC2)cc1. The highest BCUT2D eigenvalue weighted by Crippen LogP contribution is 2.21. The summed E-state index contributed by atoms with van der Waals surface area (Å²) in [6.07, 6.45) is 3.83. The molecule has 5 nitrogen and oxygen atoms in total. The molecule has 1 unspecified atom stereocenters. The minimum absolute atomic E-state index is 0.00682. The maximum atomic E-state index is 13.1. The van der Waals surface area contributed by atoms with Gasteiger partial charge in [0.05, 0.1) is 19.3 Å². The number of anilines is 1. The number of morpholine rings is 1. The van der Waals surface area contributed by atoms with Crippen LogP contribution in [0, 0.1) is 0 Å². The molecule has 30 heavy (non-hydrogen) atoms. The van der Waals surface area contributed by atoms with E-state index in [2.05, 4.69) is 52.4 Å². The summed E-state index contributed by atoms with van der Waals surface area (Å²) in [6, 6.07) is 16.5. The van der Waals surface area contributed by atoms with Crippen LogP contribution in [-0.4, -0.2) is 50.2 Å². The molecule has 2 aliphatic rings. The Morgan fingerprint density at radius 3 is 2.40 bits per heavy atom. The molecule has 160 valence electrons. The number of piperidine rings is 1. The molecule has 2 aromatic rings. The number of benzene rings is 2. The van der Waals surface area contributed by atoms with Crippen LogP contribution >= 0.6 is 0 Å². The van der Waals surface area contributed by atoms with E-state index in [1.807, 2.05) is 18.2 Å². The zero-order valence-electron chi connectivity index (χ0n) is 18.0. The number of rotatable bonds is 6. The van der Waals surface area contributed by atoms with Crippen LogP contribution in [0.5, 0.6) is 0 Å². The first-order chi connectivity index (χ1) is 14.7. The topological polar surface area (TPSA) is 44.8 Å². The number of hydrogen-bond acceptors (Lipinski definition) is 4. The van der Waals surface area contributed by atoms with Gasteiger partial charge in [-0.3, -0.25) is 9.69 Å². The highest BCUT2D eigenvalue weighted by molar-refractivity contribution is 5.95. The summed E-state index contributed by atoms with van der Waals surface area (Å²) in [7, 11) is 0. The standard InChI is InChI=1S/C25H33N3O2/c1-20(21-9-11-23(12-10-21)28-15-17-30-18-16-28)26-25(29)24-8-4-3-7-22(24)19-27-13-5-2-6-14-27/h3-4,7-12,20H,2,5-6,13-19H2,1H3,(H,26,29). The maximum Gasteiger partial charge on any atom is 0.252 e. The van der Waals surface area contributed by atoms with Crippen LogP contribution in [0.4, 0.5) is 5.69 Å². The van der Waals surface area contributed by atoms with Crippen molar-refractivity contribution in [3.05, 3.63) is 65.2 Å². The van der Waals surface area contributed by atoms with Gasteiger partial charge in [0.1, 0.15) is 0 Å². The number of ether oxygens (including phenoxy) is 1. The molecule has 5 heteroatoms. The second-order valence-electron chi connectivity index (χ2n) is 8.38. The molecule has 2 aliphatic heterocycles. The lowest BCUT2D eigenvalue weighted by atomic mass is 10.0.